The molecule has 9 heteroatoms. The first-order valence-electron chi connectivity index (χ1n) is 15.4. The van der Waals surface area contributed by atoms with Crippen LogP contribution < -0.4 is 9.47 Å². The van der Waals surface area contributed by atoms with E-state index in [9.17, 15) is 9.59 Å². The number of aromatic amines is 1. The Morgan fingerprint density at radius 3 is 2.62 bits per heavy atom. The number of benzene rings is 2. The molecule has 0 aliphatic carbocycles. The third kappa shape index (κ3) is 5.02. The van der Waals surface area contributed by atoms with E-state index < -0.39 is 5.54 Å². The van der Waals surface area contributed by atoms with Crippen LogP contribution in [0.5, 0.6) is 11.5 Å². The van der Waals surface area contributed by atoms with Crippen molar-refractivity contribution in [2.24, 2.45) is 0 Å². The van der Waals surface area contributed by atoms with Crippen LogP contribution in [0.4, 0.5) is 0 Å². The smallest absolute Gasteiger partial charge is 0.254 e. The maximum Gasteiger partial charge on any atom is 0.254 e. The van der Waals surface area contributed by atoms with Crippen molar-refractivity contribution in [2.45, 2.75) is 45.1 Å². The first kappa shape index (κ1) is 28.6. The number of H-pyrrole nitrogens is 1. The van der Waals surface area contributed by atoms with Crippen LogP contribution >= 0.6 is 0 Å². The van der Waals surface area contributed by atoms with Crippen LogP contribution in [0.2, 0.25) is 0 Å². The summed E-state index contributed by atoms with van der Waals surface area (Å²) in [6, 6.07) is 14.3. The minimum Gasteiger partial charge on any atom is -0.490 e. The number of carbonyl (C=O) groups is 2. The van der Waals surface area contributed by atoms with Gasteiger partial charge in [-0.15, -0.1) is 0 Å². The number of hydrogen-bond donors (Lipinski definition) is 1. The average molecular weight is 575 g/mol. The number of hydrogen-bond acceptors (Lipinski definition) is 6. The standard InChI is InChI=1S/C33H42N4O5/c1-4-17-42-27-12-11-23(20-28(27)41-5-2)25-21-37-29(38)22-36(14-8-13-35-15-18-40-19-16-35)32(39)33(37,3)31-30(25)24-9-6-7-10-26(24)34-31/h6-7,9-12,20,25,34H,4-5,8,13-19,21-22H2,1-3H3. The molecule has 0 bridgehead atoms. The highest BCUT2D eigenvalue weighted by Gasteiger charge is 2.56. The molecule has 2 fully saturated rings. The van der Waals surface area contributed by atoms with Gasteiger partial charge < -0.3 is 29.0 Å². The van der Waals surface area contributed by atoms with Gasteiger partial charge in [0.2, 0.25) is 5.91 Å². The largest absolute Gasteiger partial charge is 0.490 e. The lowest BCUT2D eigenvalue weighted by Gasteiger charge is -2.51. The molecule has 0 radical (unpaired) electrons. The van der Waals surface area contributed by atoms with Gasteiger partial charge in [0.1, 0.15) is 0 Å². The Morgan fingerprint density at radius 2 is 1.83 bits per heavy atom. The van der Waals surface area contributed by atoms with Gasteiger partial charge in [0.25, 0.3) is 5.91 Å². The lowest BCUT2D eigenvalue weighted by Crippen LogP contribution is -2.67. The molecule has 0 spiro atoms. The molecule has 0 saturated carbocycles. The van der Waals surface area contributed by atoms with Gasteiger partial charge in [-0.3, -0.25) is 14.5 Å². The van der Waals surface area contributed by atoms with E-state index in [0.717, 1.165) is 79.2 Å². The Labute approximate surface area is 247 Å². The van der Waals surface area contributed by atoms with Crippen molar-refractivity contribution in [1.29, 1.82) is 0 Å². The Kier molecular flexibility index (Phi) is 8.14. The second-order valence-corrected chi connectivity index (χ2v) is 11.6. The Balaban J connectivity index is 1.36. The molecule has 42 heavy (non-hydrogen) atoms. The third-order valence-electron chi connectivity index (χ3n) is 8.96. The Morgan fingerprint density at radius 1 is 1.02 bits per heavy atom. The highest BCUT2D eigenvalue weighted by molar-refractivity contribution is 6.01. The van der Waals surface area contributed by atoms with Crippen LogP contribution in [0.1, 0.15) is 56.4 Å². The van der Waals surface area contributed by atoms with Gasteiger partial charge in [0.05, 0.1) is 38.7 Å². The highest BCUT2D eigenvalue weighted by atomic mass is 16.5. The quantitative estimate of drug-likeness (QED) is 0.392. The van der Waals surface area contributed by atoms with Crippen molar-refractivity contribution >= 4 is 22.7 Å². The van der Waals surface area contributed by atoms with Crippen molar-refractivity contribution in [3.8, 4) is 11.5 Å². The van der Waals surface area contributed by atoms with Crippen molar-refractivity contribution in [1.82, 2.24) is 19.7 Å². The second-order valence-electron chi connectivity index (χ2n) is 11.6. The zero-order chi connectivity index (χ0) is 29.3. The molecule has 4 heterocycles. The van der Waals surface area contributed by atoms with Crippen LogP contribution in [0, 0.1) is 0 Å². The van der Waals surface area contributed by atoms with Gasteiger partial charge >= 0.3 is 0 Å². The van der Waals surface area contributed by atoms with E-state index in [4.69, 9.17) is 14.2 Å². The molecule has 1 aromatic heterocycles. The van der Waals surface area contributed by atoms with Gasteiger partial charge in [-0.25, -0.2) is 0 Å². The molecule has 3 aliphatic heterocycles. The lowest BCUT2D eigenvalue weighted by molar-refractivity contribution is -0.166. The molecule has 2 atom stereocenters. The number of nitrogens with zero attached hydrogens (tertiary/aromatic N) is 3. The molecule has 9 nitrogen and oxygen atoms in total. The molecule has 1 N–H and O–H groups in total. The van der Waals surface area contributed by atoms with Gasteiger partial charge in [-0.2, -0.15) is 0 Å². The minimum absolute atomic E-state index is 0.0198. The molecule has 3 aromatic rings. The molecule has 2 saturated heterocycles. The Hall–Kier alpha value is -3.56. The number of rotatable bonds is 10. The van der Waals surface area contributed by atoms with Crippen molar-refractivity contribution in [2.75, 3.05) is 65.7 Å². The maximum atomic E-state index is 14.3. The summed E-state index contributed by atoms with van der Waals surface area (Å²) in [5.41, 5.74) is 2.77. The minimum atomic E-state index is -1.11. The monoisotopic (exact) mass is 574 g/mol. The fourth-order valence-corrected chi connectivity index (χ4v) is 6.81. The summed E-state index contributed by atoms with van der Waals surface area (Å²) in [6.45, 7) is 12.4. The van der Waals surface area contributed by atoms with Crippen LogP contribution in [0.25, 0.3) is 10.9 Å². The van der Waals surface area contributed by atoms with Crippen LogP contribution in [-0.2, 0) is 19.9 Å². The summed E-state index contributed by atoms with van der Waals surface area (Å²) >= 11 is 0. The number of fused-ring (bicyclic) bond motifs is 5. The van der Waals surface area contributed by atoms with E-state index in [2.05, 4.69) is 28.9 Å². The first-order valence-corrected chi connectivity index (χ1v) is 15.4. The van der Waals surface area contributed by atoms with E-state index in [-0.39, 0.29) is 24.3 Å². The van der Waals surface area contributed by atoms with Crippen LogP contribution in [-0.4, -0.2) is 97.2 Å². The number of nitrogens with one attached hydrogen (secondary N) is 1. The average Bonchev–Trinajstić information content (AvgIpc) is 3.41. The molecule has 2 unspecified atom stereocenters. The summed E-state index contributed by atoms with van der Waals surface area (Å²) < 4.78 is 17.4. The number of ether oxygens (including phenoxy) is 3. The zero-order valence-electron chi connectivity index (χ0n) is 25.0. The summed E-state index contributed by atoms with van der Waals surface area (Å²) in [5, 5.41) is 1.08. The van der Waals surface area contributed by atoms with Crippen molar-refractivity contribution in [3.63, 3.8) is 0 Å². The lowest BCUT2D eigenvalue weighted by atomic mass is 9.76. The van der Waals surface area contributed by atoms with Crippen molar-refractivity contribution < 1.29 is 23.8 Å². The molecule has 2 amide bonds. The highest BCUT2D eigenvalue weighted by Crippen LogP contribution is 2.49. The molecule has 2 aromatic carbocycles. The van der Waals surface area contributed by atoms with Gasteiger partial charge in [-0.1, -0.05) is 31.2 Å². The zero-order valence-corrected chi connectivity index (χ0v) is 25.0. The number of para-hydroxylation sites is 1. The second kappa shape index (κ2) is 12.0. The predicted molar refractivity (Wildman–Crippen MR) is 161 cm³/mol. The number of carbonyl (C=O) groups excluding carboxylic acids is 2. The topological polar surface area (TPSA) is 87.3 Å². The third-order valence-corrected chi connectivity index (χ3v) is 8.96. The van der Waals surface area contributed by atoms with E-state index in [0.29, 0.717) is 32.1 Å². The number of aromatic nitrogens is 1. The number of piperazine rings is 1. The van der Waals surface area contributed by atoms with E-state index in [1.165, 1.54) is 0 Å². The summed E-state index contributed by atoms with van der Waals surface area (Å²) in [4.78, 5) is 37.7. The van der Waals surface area contributed by atoms with E-state index in [1.807, 2.05) is 44.2 Å². The maximum absolute atomic E-state index is 14.3. The molecule has 224 valence electrons. The normalized spacial score (nSPS) is 22.8. The van der Waals surface area contributed by atoms with Gasteiger partial charge in [-0.05, 0) is 56.0 Å². The number of amides is 2. The SMILES string of the molecule is CCCOc1ccc(C2CN3C(=O)CN(CCCN4CCOCC4)C(=O)C3(C)c3[nH]c4ccccc4c32)cc1OCC. The summed E-state index contributed by atoms with van der Waals surface area (Å²) in [5.74, 6) is 1.25. The molecule has 3 aliphatic rings. The molecular weight excluding hydrogens is 532 g/mol. The van der Waals surface area contributed by atoms with Crippen LogP contribution in [0.15, 0.2) is 42.5 Å². The van der Waals surface area contributed by atoms with Crippen molar-refractivity contribution in [3.05, 3.63) is 59.3 Å². The van der Waals surface area contributed by atoms with Gasteiger partial charge in [0.15, 0.2) is 17.0 Å². The summed E-state index contributed by atoms with van der Waals surface area (Å²) in [7, 11) is 0. The summed E-state index contributed by atoms with van der Waals surface area (Å²) in [6.07, 6.45) is 1.73. The van der Waals surface area contributed by atoms with Gasteiger partial charge in [0, 0.05) is 49.5 Å². The van der Waals surface area contributed by atoms with E-state index >= 15 is 0 Å². The Bertz CT molecular complexity index is 1450. The fraction of sp³-hybridized carbons (Fsp3) is 0.515. The predicted octanol–water partition coefficient (Wildman–Crippen LogP) is 4.11. The number of morpholine rings is 1. The molecule has 6 rings (SSSR count). The van der Waals surface area contributed by atoms with E-state index in [1.54, 1.807) is 9.80 Å². The molecular formula is C33H42N4O5. The first-order chi connectivity index (χ1) is 20.5. The van der Waals surface area contributed by atoms with Crippen LogP contribution in [0.3, 0.4) is 0 Å². The fourth-order valence-electron chi connectivity index (χ4n) is 6.81.